The van der Waals surface area contributed by atoms with Crippen LogP contribution in [-0.4, -0.2) is 32.4 Å². The Morgan fingerprint density at radius 2 is 2.22 bits per heavy atom. The van der Waals surface area contributed by atoms with Gasteiger partial charge in [-0.25, -0.2) is 9.47 Å². The van der Waals surface area contributed by atoms with E-state index in [-0.39, 0.29) is 32.9 Å². The minimum absolute atomic E-state index is 0.00158. The maximum atomic E-state index is 11.7. The molecule has 0 radical (unpaired) electrons. The van der Waals surface area contributed by atoms with Gasteiger partial charge in [0.1, 0.15) is 10.7 Å². The average Bonchev–Trinajstić information content (AvgIpc) is 2.80. The normalized spacial score (nSPS) is 10.6. The van der Waals surface area contributed by atoms with E-state index in [1.807, 2.05) is 0 Å². The molecule has 11 heteroatoms. The first-order chi connectivity index (χ1) is 10.8. The van der Waals surface area contributed by atoms with Gasteiger partial charge in [-0.2, -0.15) is 0 Å². The number of nitrogens with zero attached hydrogens (tertiary/aromatic N) is 4. The molecule has 0 aliphatic heterocycles. The standard InChI is InChI=1S/C12H12ClN5O4S/c1-3-22-11(19)7-4-8(13)10(9(5-7)18(20)21)23-12-16-15-6(2)17(12)14/h4-5H,3,14H2,1-2H3. The second kappa shape index (κ2) is 6.84. The largest absolute Gasteiger partial charge is 0.462 e. The first-order valence-electron chi connectivity index (χ1n) is 6.35. The number of aryl methyl sites for hydroxylation is 1. The predicted octanol–water partition coefficient (Wildman–Crippen LogP) is 2.19. The third-order valence-electron chi connectivity index (χ3n) is 2.76. The minimum Gasteiger partial charge on any atom is -0.462 e. The van der Waals surface area contributed by atoms with Crippen molar-refractivity contribution < 1.29 is 14.5 Å². The summed E-state index contributed by atoms with van der Waals surface area (Å²) in [5, 5.41) is 19.1. The molecule has 1 aromatic heterocycles. The fraction of sp³-hybridized carbons (Fsp3) is 0.250. The topological polar surface area (TPSA) is 126 Å². The van der Waals surface area contributed by atoms with E-state index in [4.69, 9.17) is 22.2 Å². The molecular weight excluding hydrogens is 346 g/mol. The van der Waals surface area contributed by atoms with Crippen LogP contribution in [0.2, 0.25) is 5.02 Å². The molecule has 0 aliphatic rings. The Morgan fingerprint density at radius 3 is 2.74 bits per heavy atom. The van der Waals surface area contributed by atoms with E-state index in [9.17, 15) is 14.9 Å². The number of aromatic nitrogens is 3. The molecule has 2 N–H and O–H groups in total. The highest BCUT2D eigenvalue weighted by Gasteiger charge is 2.24. The van der Waals surface area contributed by atoms with E-state index in [0.29, 0.717) is 5.82 Å². The number of benzene rings is 1. The van der Waals surface area contributed by atoms with E-state index in [0.717, 1.165) is 17.8 Å². The summed E-state index contributed by atoms with van der Waals surface area (Å²) in [6.07, 6.45) is 0. The molecule has 0 saturated carbocycles. The zero-order valence-electron chi connectivity index (χ0n) is 12.1. The van der Waals surface area contributed by atoms with Crippen LogP contribution >= 0.6 is 23.4 Å². The fourth-order valence-corrected chi connectivity index (χ4v) is 2.88. The number of ether oxygens (including phenoxy) is 1. The van der Waals surface area contributed by atoms with Crippen molar-refractivity contribution in [3.63, 3.8) is 0 Å². The third-order valence-corrected chi connectivity index (χ3v) is 4.26. The molecule has 0 fully saturated rings. The molecule has 1 heterocycles. The zero-order chi connectivity index (χ0) is 17.1. The maximum absolute atomic E-state index is 11.7. The molecule has 23 heavy (non-hydrogen) atoms. The van der Waals surface area contributed by atoms with Gasteiger partial charge in [-0.15, -0.1) is 10.2 Å². The van der Waals surface area contributed by atoms with Gasteiger partial charge in [0.25, 0.3) is 5.69 Å². The molecule has 0 spiro atoms. The molecule has 9 nitrogen and oxygen atoms in total. The summed E-state index contributed by atoms with van der Waals surface area (Å²) in [4.78, 5) is 22.5. The maximum Gasteiger partial charge on any atom is 0.338 e. The second-order valence-electron chi connectivity index (χ2n) is 4.29. The Morgan fingerprint density at radius 1 is 1.52 bits per heavy atom. The quantitative estimate of drug-likeness (QED) is 0.373. The Labute approximate surface area is 139 Å². The third kappa shape index (κ3) is 3.54. The summed E-state index contributed by atoms with van der Waals surface area (Å²) >= 11 is 6.99. The Bertz CT molecular complexity index is 779. The lowest BCUT2D eigenvalue weighted by molar-refractivity contribution is -0.387. The van der Waals surface area contributed by atoms with Gasteiger partial charge in [-0.3, -0.25) is 10.1 Å². The van der Waals surface area contributed by atoms with E-state index in [1.54, 1.807) is 13.8 Å². The number of hydrogen-bond acceptors (Lipinski definition) is 8. The molecule has 2 rings (SSSR count). The molecular formula is C12H12ClN5O4S. The first kappa shape index (κ1) is 17.0. The summed E-state index contributed by atoms with van der Waals surface area (Å²) in [5.41, 5.74) is -0.343. The van der Waals surface area contributed by atoms with E-state index < -0.39 is 10.9 Å². The monoisotopic (exact) mass is 357 g/mol. The predicted molar refractivity (Wildman–Crippen MR) is 83.1 cm³/mol. The van der Waals surface area contributed by atoms with Gasteiger partial charge < -0.3 is 10.6 Å². The van der Waals surface area contributed by atoms with Crippen molar-refractivity contribution in [2.45, 2.75) is 23.9 Å². The van der Waals surface area contributed by atoms with E-state index in [2.05, 4.69) is 10.2 Å². The van der Waals surface area contributed by atoms with Crippen molar-refractivity contribution in [1.29, 1.82) is 0 Å². The number of nitro benzene ring substituents is 1. The zero-order valence-corrected chi connectivity index (χ0v) is 13.7. The molecule has 0 atom stereocenters. The number of nitrogens with two attached hydrogens (primary N) is 1. The average molecular weight is 358 g/mol. The van der Waals surface area contributed by atoms with Gasteiger partial charge in [-0.1, -0.05) is 11.6 Å². The number of hydrogen-bond donors (Lipinski definition) is 1. The highest BCUT2D eigenvalue weighted by atomic mass is 35.5. The molecule has 2 aromatic rings. The minimum atomic E-state index is -0.688. The molecule has 0 aliphatic carbocycles. The molecule has 0 saturated heterocycles. The van der Waals surface area contributed by atoms with Crippen LogP contribution in [0, 0.1) is 17.0 Å². The molecule has 0 unspecified atom stereocenters. The number of carbonyl (C=O) groups excluding carboxylic acids is 1. The van der Waals surface area contributed by atoms with Crippen LogP contribution in [0.1, 0.15) is 23.1 Å². The number of esters is 1. The van der Waals surface area contributed by atoms with Crippen molar-refractivity contribution in [2.75, 3.05) is 12.4 Å². The van der Waals surface area contributed by atoms with Crippen molar-refractivity contribution >= 4 is 35.0 Å². The van der Waals surface area contributed by atoms with Crippen LogP contribution in [0.4, 0.5) is 5.69 Å². The van der Waals surface area contributed by atoms with Crippen LogP contribution in [0.25, 0.3) is 0 Å². The summed E-state index contributed by atoms with van der Waals surface area (Å²) in [5.74, 6) is 5.48. The molecule has 122 valence electrons. The van der Waals surface area contributed by atoms with Gasteiger partial charge in [0.05, 0.1) is 22.1 Å². The van der Waals surface area contributed by atoms with Gasteiger partial charge in [0.2, 0.25) is 5.16 Å². The second-order valence-corrected chi connectivity index (χ2v) is 5.67. The SMILES string of the molecule is CCOC(=O)c1cc(Cl)c(Sc2nnc(C)n2N)c([N+](=O)[O-])c1. The first-order valence-corrected chi connectivity index (χ1v) is 7.54. The van der Waals surface area contributed by atoms with Gasteiger partial charge in [0.15, 0.2) is 0 Å². The lowest BCUT2D eigenvalue weighted by Gasteiger charge is -2.08. The Hall–Kier alpha value is -2.33. The van der Waals surface area contributed by atoms with Crippen LogP contribution in [-0.2, 0) is 4.74 Å². The van der Waals surface area contributed by atoms with E-state index in [1.165, 1.54) is 10.7 Å². The van der Waals surface area contributed by atoms with E-state index >= 15 is 0 Å². The highest BCUT2D eigenvalue weighted by Crippen LogP contribution is 2.40. The molecule has 0 amide bonds. The summed E-state index contributed by atoms with van der Waals surface area (Å²) in [6.45, 7) is 3.42. The van der Waals surface area contributed by atoms with Gasteiger partial charge >= 0.3 is 5.97 Å². The summed E-state index contributed by atoms with van der Waals surface area (Å²) in [6, 6.07) is 2.41. The summed E-state index contributed by atoms with van der Waals surface area (Å²) in [7, 11) is 0. The number of rotatable bonds is 5. The smallest absolute Gasteiger partial charge is 0.338 e. The van der Waals surface area contributed by atoms with Crippen molar-refractivity contribution in [3.8, 4) is 0 Å². The van der Waals surface area contributed by atoms with Gasteiger partial charge in [0, 0.05) is 6.07 Å². The van der Waals surface area contributed by atoms with Gasteiger partial charge in [-0.05, 0) is 31.7 Å². The number of nitro groups is 1. The summed E-state index contributed by atoms with van der Waals surface area (Å²) < 4.78 is 6.01. The molecule has 0 bridgehead atoms. The van der Waals surface area contributed by atoms with Crippen molar-refractivity contribution in [2.24, 2.45) is 0 Å². The number of nitrogen functional groups attached to an aromatic ring is 1. The lowest BCUT2D eigenvalue weighted by Crippen LogP contribution is -2.11. The molecule has 1 aromatic carbocycles. The number of halogens is 1. The lowest BCUT2D eigenvalue weighted by atomic mass is 10.2. The fourth-order valence-electron chi connectivity index (χ4n) is 1.66. The van der Waals surface area contributed by atoms with Crippen LogP contribution in [0.3, 0.4) is 0 Å². The van der Waals surface area contributed by atoms with Crippen LogP contribution in [0.15, 0.2) is 22.2 Å². The van der Waals surface area contributed by atoms with Crippen LogP contribution in [0.5, 0.6) is 0 Å². The Balaban J connectivity index is 2.48. The van der Waals surface area contributed by atoms with Crippen molar-refractivity contribution in [3.05, 3.63) is 38.7 Å². The Kier molecular flexibility index (Phi) is 5.06. The number of carbonyl (C=O) groups is 1. The van der Waals surface area contributed by atoms with Crippen molar-refractivity contribution in [1.82, 2.24) is 14.9 Å². The highest BCUT2D eigenvalue weighted by molar-refractivity contribution is 7.99. The van der Waals surface area contributed by atoms with Crippen LogP contribution < -0.4 is 5.84 Å².